The number of imidazole rings is 1. The molecule has 1 fully saturated rings. The van der Waals surface area contributed by atoms with Crippen molar-refractivity contribution in [1.82, 2.24) is 34.4 Å². The molecule has 5 heterocycles. The third-order valence-electron chi connectivity index (χ3n) is 5.23. The highest BCUT2D eigenvalue weighted by Gasteiger charge is 2.29. The second-order valence-corrected chi connectivity index (χ2v) is 7.11. The van der Waals surface area contributed by atoms with E-state index in [1.807, 2.05) is 32.4 Å². The number of aromatic nitrogens is 6. The van der Waals surface area contributed by atoms with E-state index in [4.69, 9.17) is 4.98 Å². The first kappa shape index (κ1) is 20.7. The maximum atomic E-state index is 9.80. The molecule has 5 rings (SSSR count). The van der Waals surface area contributed by atoms with Gasteiger partial charge in [0.25, 0.3) is 0 Å². The summed E-state index contributed by atoms with van der Waals surface area (Å²) in [5.74, 6) is 2.32. The van der Waals surface area contributed by atoms with E-state index in [2.05, 4.69) is 49.5 Å². The van der Waals surface area contributed by atoms with E-state index in [1.54, 1.807) is 6.07 Å². The molecule has 0 aromatic carbocycles. The summed E-state index contributed by atoms with van der Waals surface area (Å²) in [5.41, 5.74) is 3.64. The number of carbonyl (C=O) groups is 1. The number of aldehydes is 1. The lowest BCUT2D eigenvalue weighted by molar-refractivity contribution is 0.111. The van der Waals surface area contributed by atoms with Gasteiger partial charge in [-0.1, -0.05) is 20.8 Å². The van der Waals surface area contributed by atoms with Gasteiger partial charge >= 0.3 is 0 Å². The van der Waals surface area contributed by atoms with E-state index in [9.17, 15) is 4.79 Å². The molecule has 8 nitrogen and oxygen atoms in total. The number of hydrogen-bond donors (Lipinski definition) is 2. The summed E-state index contributed by atoms with van der Waals surface area (Å²) in [7, 11) is 2.20. The molecule has 1 aliphatic heterocycles. The second-order valence-electron chi connectivity index (χ2n) is 7.11. The van der Waals surface area contributed by atoms with Crippen LogP contribution in [0.4, 0.5) is 0 Å². The first-order valence-corrected chi connectivity index (χ1v) is 10.1. The van der Waals surface area contributed by atoms with Crippen molar-refractivity contribution in [2.24, 2.45) is 5.92 Å². The fraction of sp³-hybridized carbons (Fsp3) is 0.429. The van der Waals surface area contributed by atoms with Gasteiger partial charge in [-0.25, -0.2) is 9.97 Å². The van der Waals surface area contributed by atoms with E-state index in [-0.39, 0.29) is 0 Å². The summed E-state index contributed by atoms with van der Waals surface area (Å²) < 4.78 is 2.26. The van der Waals surface area contributed by atoms with E-state index >= 15 is 0 Å². The number of H-pyrrole nitrogens is 2. The Morgan fingerprint density at radius 3 is 2.69 bits per heavy atom. The quantitative estimate of drug-likeness (QED) is 0.507. The van der Waals surface area contributed by atoms with Gasteiger partial charge in [0.05, 0.1) is 29.1 Å². The van der Waals surface area contributed by atoms with Gasteiger partial charge in [-0.2, -0.15) is 5.10 Å². The van der Waals surface area contributed by atoms with Crippen LogP contribution in [-0.4, -0.2) is 60.9 Å². The minimum Gasteiger partial charge on any atom is -0.345 e. The van der Waals surface area contributed by atoms with Crippen molar-refractivity contribution in [3.63, 3.8) is 0 Å². The Balaban J connectivity index is 0.000000226. The van der Waals surface area contributed by atoms with Gasteiger partial charge in [0.1, 0.15) is 5.82 Å². The van der Waals surface area contributed by atoms with Gasteiger partial charge in [-0.15, -0.1) is 0 Å². The molecule has 1 saturated heterocycles. The lowest BCUT2D eigenvalue weighted by atomic mass is 9.86. The summed E-state index contributed by atoms with van der Waals surface area (Å²) in [4.78, 5) is 24.5. The monoisotopic (exact) mass is 395 g/mol. The van der Waals surface area contributed by atoms with Crippen LogP contribution in [0.5, 0.6) is 0 Å². The van der Waals surface area contributed by atoms with Gasteiger partial charge in [-0.3, -0.25) is 14.3 Å². The molecule has 0 radical (unpaired) electrons. The minimum atomic E-state index is 0.483. The predicted octanol–water partition coefficient (Wildman–Crippen LogP) is 3.51. The molecular weight excluding hydrogens is 366 g/mol. The highest BCUT2D eigenvalue weighted by molar-refractivity contribution is 5.75. The molecule has 8 heteroatoms. The van der Waals surface area contributed by atoms with Crippen molar-refractivity contribution in [3.8, 4) is 0 Å². The number of fused-ring (bicyclic) bond motifs is 3. The summed E-state index contributed by atoms with van der Waals surface area (Å²) >= 11 is 0. The van der Waals surface area contributed by atoms with Crippen molar-refractivity contribution in [2.45, 2.75) is 33.1 Å². The highest BCUT2D eigenvalue weighted by Crippen LogP contribution is 2.32. The highest BCUT2D eigenvalue weighted by atomic mass is 16.1. The minimum absolute atomic E-state index is 0.483. The number of piperidine rings is 1. The van der Waals surface area contributed by atoms with Crippen LogP contribution >= 0.6 is 0 Å². The SMILES string of the molecule is CC.CC1CCN(C)CC1c1ncc2cnc3[nH]ccc3n12.O=Cc1ccn[nH]1. The number of nitrogens with zero attached hydrogens (tertiary/aromatic N) is 5. The Kier molecular flexibility index (Phi) is 6.77. The summed E-state index contributed by atoms with van der Waals surface area (Å²) in [6, 6.07) is 3.69. The molecule has 2 N–H and O–H groups in total. The Bertz CT molecular complexity index is 1030. The van der Waals surface area contributed by atoms with Crippen LogP contribution in [0.1, 0.15) is 49.4 Å². The fourth-order valence-corrected chi connectivity index (χ4v) is 3.66. The van der Waals surface area contributed by atoms with Crippen LogP contribution in [0.2, 0.25) is 0 Å². The number of hydrogen-bond acceptors (Lipinski definition) is 5. The van der Waals surface area contributed by atoms with Crippen molar-refractivity contribution < 1.29 is 4.79 Å². The smallest absolute Gasteiger partial charge is 0.167 e. The standard InChI is InChI=1S/C15H19N5.C4H4N2O.C2H6/c1-10-4-6-19(2)9-12(10)15-18-8-11-7-17-14-13(20(11)15)3-5-16-14;7-3-4-1-2-5-6-4;1-2/h3,5,7-8,10,12,16H,4,6,9H2,1-2H3;1-3H,(H,5,6);1-2H3. The maximum Gasteiger partial charge on any atom is 0.167 e. The number of rotatable bonds is 2. The molecule has 0 aliphatic carbocycles. The topological polar surface area (TPSA) is 95.0 Å². The Hall–Kier alpha value is -3.00. The third kappa shape index (κ3) is 4.37. The lowest BCUT2D eigenvalue weighted by Crippen LogP contribution is -2.36. The zero-order chi connectivity index (χ0) is 20.8. The van der Waals surface area contributed by atoms with Gasteiger partial charge in [0.15, 0.2) is 11.9 Å². The molecule has 0 saturated carbocycles. The molecule has 29 heavy (non-hydrogen) atoms. The summed E-state index contributed by atoms with van der Waals surface area (Å²) in [6.45, 7) is 8.60. The average Bonchev–Trinajstić information content (AvgIpc) is 3.51. The molecule has 4 aromatic heterocycles. The Morgan fingerprint density at radius 2 is 2.00 bits per heavy atom. The van der Waals surface area contributed by atoms with Crippen LogP contribution in [-0.2, 0) is 0 Å². The average molecular weight is 396 g/mol. The van der Waals surface area contributed by atoms with Crippen molar-refractivity contribution in [2.75, 3.05) is 20.1 Å². The normalized spacial score (nSPS) is 19.3. The zero-order valence-electron chi connectivity index (χ0n) is 17.5. The summed E-state index contributed by atoms with van der Waals surface area (Å²) in [5, 5.41) is 6.01. The molecule has 0 bridgehead atoms. The maximum absolute atomic E-state index is 9.80. The predicted molar refractivity (Wildman–Crippen MR) is 114 cm³/mol. The van der Waals surface area contributed by atoms with Crippen molar-refractivity contribution >= 4 is 23.0 Å². The van der Waals surface area contributed by atoms with Crippen LogP contribution in [0.3, 0.4) is 0 Å². The first-order chi connectivity index (χ1) is 14.2. The molecule has 2 atom stereocenters. The molecule has 1 aliphatic rings. The number of likely N-dealkylation sites (N-methyl/N-ethyl adjacent to an activating group) is 1. The number of aromatic amines is 2. The molecule has 0 amide bonds. The second kappa shape index (κ2) is 9.47. The number of likely N-dealkylation sites (tertiary alicyclic amines) is 1. The molecule has 0 spiro atoms. The Morgan fingerprint density at radius 1 is 1.21 bits per heavy atom. The largest absolute Gasteiger partial charge is 0.345 e. The van der Waals surface area contributed by atoms with Gasteiger partial charge in [0.2, 0.25) is 0 Å². The Labute approximate surface area is 170 Å². The third-order valence-corrected chi connectivity index (χ3v) is 5.23. The molecule has 154 valence electrons. The van der Waals surface area contributed by atoms with E-state index in [0.717, 1.165) is 23.2 Å². The van der Waals surface area contributed by atoms with Crippen LogP contribution < -0.4 is 0 Å². The number of carbonyl (C=O) groups excluding carboxylic acids is 1. The number of nitrogens with one attached hydrogen (secondary N) is 2. The zero-order valence-corrected chi connectivity index (χ0v) is 17.5. The van der Waals surface area contributed by atoms with E-state index in [1.165, 1.54) is 25.0 Å². The van der Waals surface area contributed by atoms with E-state index < -0.39 is 0 Å². The molecule has 2 unspecified atom stereocenters. The van der Waals surface area contributed by atoms with Gasteiger partial charge < -0.3 is 9.88 Å². The van der Waals surface area contributed by atoms with Gasteiger partial charge in [0, 0.05) is 24.9 Å². The van der Waals surface area contributed by atoms with E-state index in [0.29, 0.717) is 23.8 Å². The first-order valence-electron chi connectivity index (χ1n) is 10.1. The lowest BCUT2D eigenvalue weighted by Gasteiger charge is -2.34. The van der Waals surface area contributed by atoms with Gasteiger partial charge in [-0.05, 0) is 38.1 Å². The molecule has 4 aromatic rings. The van der Waals surface area contributed by atoms with Crippen molar-refractivity contribution in [3.05, 3.63) is 48.4 Å². The summed E-state index contributed by atoms with van der Waals surface area (Å²) in [6.07, 6.45) is 9.26. The van der Waals surface area contributed by atoms with Crippen molar-refractivity contribution in [1.29, 1.82) is 0 Å². The van der Waals surface area contributed by atoms with Crippen LogP contribution in [0.25, 0.3) is 16.7 Å². The van der Waals surface area contributed by atoms with Crippen LogP contribution in [0, 0.1) is 5.92 Å². The van der Waals surface area contributed by atoms with Crippen LogP contribution in [0.15, 0.2) is 36.9 Å². The fourth-order valence-electron chi connectivity index (χ4n) is 3.66. The molecular formula is C21H29N7O.